The molecule has 5 heteroatoms. The molecule has 3 rings (SSSR count). The summed E-state index contributed by atoms with van der Waals surface area (Å²) in [6.45, 7) is 1.87. The second-order valence-electron chi connectivity index (χ2n) is 6.26. The highest BCUT2D eigenvalue weighted by Crippen LogP contribution is 2.20. The third-order valence-corrected chi connectivity index (χ3v) is 4.26. The van der Waals surface area contributed by atoms with E-state index in [2.05, 4.69) is 17.1 Å². The maximum absolute atomic E-state index is 13.0. The fraction of sp³-hybridized carbons (Fsp3) is 0.174. The quantitative estimate of drug-likeness (QED) is 0.589. The first kappa shape index (κ1) is 19.3. The molecule has 0 spiro atoms. The molecule has 28 heavy (non-hydrogen) atoms. The van der Waals surface area contributed by atoms with Crippen LogP contribution in [0.2, 0.25) is 0 Å². The molecule has 0 saturated carbocycles. The first-order valence-corrected chi connectivity index (χ1v) is 9.17. The van der Waals surface area contributed by atoms with E-state index in [9.17, 15) is 9.59 Å². The zero-order chi connectivity index (χ0) is 19.8. The van der Waals surface area contributed by atoms with Crippen LogP contribution in [-0.4, -0.2) is 30.0 Å². The summed E-state index contributed by atoms with van der Waals surface area (Å²) >= 11 is 0. The van der Waals surface area contributed by atoms with Gasteiger partial charge in [-0.2, -0.15) is 0 Å². The van der Waals surface area contributed by atoms with Gasteiger partial charge in [-0.25, -0.2) is 0 Å². The number of benzene rings is 2. The average Bonchev–Trinajstić information content (AvgIpc) is 2.74. The van der Waals surface area contributed by atoms with Gasteiger partial charge >= 0.3 is 5.97 Å². The van der Waals surface area contributed by atoms with Crippen LogP contribution in [0, 0.1) is 0 Å². The maximum Gasteiger partial charge on any atom is 0.326 e. The Morgan fingerprint density at radius 3 is 2.18 bits per heavy atom. The Labute approximate surface area is 164 Å². The molecule has 0 fully saturated rings. The molecule has 142 valence electrons. The lowest BCUT2D eigenvalue weighted by Crippen LogP contribution is -2.36. The summed E-state index contributed by atoms with van der Waals surface area (Å²) < 4.78 is 5.04. The number of pyridine rings is 1. The predicted octanol–water partition coefficient (Wildman–Crippen LogP) is 3.88. The molecule has 0 unspecified atom stereocenters. The predicted molar refractivity (Wildman–Crippen MR) is 108 cm³/mol. The lowest BCUT2D eigenvalue weighted by atomic mass is 10.0. The average molecular weight is 374 g/mol. The number of ether oxygens (including phenoxy) is 1. The monoisotopic (exact) mass is 374 g/mol. The number of anilines is 1. The topological polar surface area (TPSA) is 59.5 Å². The van der Waals surface area contributed by atoms with Crippen LogP contribution in [0.25, 0.3) is 0 Å². The molecule has 0 aliphatic carbocycles. The molecule has 0 aliphatic heterocycles. The van der Waals surface area contributed by atoms with Gasteiger partial charge < -0.3 is 4.74 Å². The summed E-state index contributed by atoms with van der Waals surface area (Å²) in [6.07, 6.45) is 3.91. The zero-order valence-electron chi connectivity index (χ0n) is 15.7. The third kappa shape index (κ3) is 5.04. The molecule has 3 aromatic rings. The molecule has 5 nitrogen and oxygen atoms in total. The lowest BCUT2D eigenvalue weighted by Gasteiger charge is -2.22. The second kappa shape index (κ2) is 9.46. The number of aromatic nitrogens is 1. The third-order valence-electron chi connectivity index (χ3n) is 4.26. The van der Waals surface area contributed by atoms with Crippen molar-refractivity contribution in [3.63, 3.8) is 0 Å². The van der Waals surface area contributed by atoms with E-state index in [1.165, 1.54) is 10.5 Å². The van der Waals surface area contributed by atoms with Gasteiger partial charge in [-0.1, -0.05) is 42.5 Å². The van der Waals surface area contributed by atoms with Gasteiger partial charge in [-0.05, 0) is 48.7 Å². The molecule has 1 amide bonds. The van der Waals surface area contributed by atoms with Gasteiger partial charge in [-0.15, -0.1) is 0 Å². The Kier molecular flexibility index (Phi) is 6.52. The van der Waals surface area contributed by atoms with Crippen LogP contribution < -0.4 is 4.90 Å². The minimum absolute atomic E-state index is 0.146. The fourth-order valence-electron chi connectivity index (χ4n) is 2.89. The van der Waals surface area contributed by atoms with Crippen LogP contribution >= 0.6 is 0 Å². The fourth-order valence-corrected chi connectivity index (χ4v) is 2.89. The van der Waals surface area contributed by atoms with Crippen molar-refractivity contribution < 1.29 is 14.3 Å². The van der Waals surface area contributed by atoms with Gasteiger partial charge in [0.15, 0.2) is 0 Å². The summed E-state index contributed by atoms with van der Waals surface area (Å²) in [5, 5.41) is 0. The van der Waals surface area contributed by atoms with Crippen LogP contribution in [-0.2, 0) is 16.0 Å². The van der Waals surface area contributed by atoms with E-state index in [0.29, 0.717) is 11.3 Å². The highest BCUT2D eigenvalue weighted by Gasteiger charge is 2.21. The van der Waals surface area contributed by atoms with Crippen molar-refractivity contribution in [3.05, 3.63) is 95.8 Å². The Hall–Kier alpha value is -3.47. The van der Waals surface area contributed by atoms with Crippen molar-refractivity contribution in [2.45, 2.75) is 13.3 Å². The first-order chi connectivity index (χ1) is 13.7. The van der Waals surface area contributed by atoms with Crippen molar-refractivity contribution in [1.82, 2.24) is 4.98 Å². The van der Waals surface area contributed by atoms with Gasteiger partial charge in [0.05, 0.1) is 6.61 Å². The number of carbonyl (C=O) groups excluding carboxylic acids is 2. The summed E-state index contributed by atoms with van der Waals surface area (Å²) in [4.78, 5) is 30.4. The lowest BCUT2D eigenvalue weighted by molar-refractivity contribution is -0.141. The number of hydrogen-bond donors (Lipinski definition) is 0. The minimum Gasteiger partial charge on any atom is -0.465 e. The summed E-state index contributed by atoms with van der Waals surface area (Å²) in [6, 6.07) is 21.1. The van der Waals surface area contributed by atoms with Crippen LogP contribution in [0.15, 0.2) is 79.1 Å². The standard InChI is InChI=1S/C23H22N2O3/c1-2-28-22(26)17-25(23(27)20-12-14-24-15-13-20)21-10-8-19(9-11-21)16-18-6-4-3-5-7-18/h3-15H,2,16-17H2,1H3. The molecule has 1 heterocycles. The summed E-state index contributed by atoms with van der Waals surface area (Å²) in [5.41, 5.74) is 3.45. The summed E-state index contributed by atoms with van der Waals surface area (Å²) in [5.74, 6) is -0.718. The number of hydrogen-bond acceptors (Lipinski definition) is 4. The largest absolute Gasteiger partial charge is 0.465 e. The number of esters is 1. The second-order valence-corrected chi connectivity index (χ2v) is 6.26. The molecule has 2 aromatic carbocycles. The maximum atomic E-state index is 13.0. The van der Waals surface area contributed by atoms with E-state index >= 15 is 0 Å². The van der Waals surface area contributed by atoms with Crippen LogP contribution in [0.5, 0.6) is 0 Å². The molecule has 0 N–H and O–H groups in total. The minimum atomic E-state index is -0.446. The van der Waals surface area contributed by atoms with Crippen LogP contribution in [0.1, 0.15) is 28.4 Å². The van der Waals surface area contributed by atoms with E-state index in [1.54, 1.807) is 31.5 Å². The molecule has 0 radical (unpaired) electrons. The molecule has 0 aliphatic rings. The molecule has 0 bridgehead atoms. The SMILES string of the molecule is CCOC(=O)CN(C(=O)c1ccncc1)c1ccc(Cc2ccccc2)cc1. The van der Waals surface area contributed by atoms with Crippen molar-refractivity contribution in [2.24, 2.45) is 0 Å². The van der Waals surface area contributed by atoms with E-state index in [4.69, 9.17) is 4.74 Å². The zero-order valence-corrected chi connectivity index (χ0v) is 15.7. The van der Waals surface area contributed by atoms with Gasteiger partial charge in [0.1, 0.15) is 6.54 Å². The van der Waals surface area contributed by atoms with E-state index in [0.717, 1.165) is 12.0 Å². The van der Waals surface area contributed by atoms with Crippen molar-refractivity contribution >= 4 is 17.6 Å². The van der Waals surface area contributed by atoms with Gasteiger partial charge in [0.2, 0.25) is 0 Å². The van der Waals surface area contributed by atoms with Crippen LogP contribution in [0.4, 0.5) is 5.69 Å². The van der Waals surface area contributed by atoms with E-state index < -0.39 is 5.97 Å². The number of nitrogens with zero attached hydrogens (tertiary/aromatic N) is 2. The Balaban J connectivity index is 1.82. The highest BCUT2D eigenvalue weighted by atomic mass is 16.5. The molecular formula is C23H22N2O3. The van der Waals surface area contributed by atoms with Gasteiger partial charge in [0, 0.05) is 23.6 Å². The van der Waals surface area contributed by atoms with E-state index in [-0.39, 0.29) is 19.1 Å². The first-order valence-electron chi connectivity index (χ1n) is 9.17. The van der Waals surface area contributed by atoms with Gasteiger partial charge in [-0.3, -0.25) is 19.5 Å². The normalized spacial score (nSPS) is 10.3. The van der Waals surface area contributed by atoms with Gasteiger partial charge in [0.25, 0.3) is 5.91 Å². The molecule has 1 aromatic heterocycles. The molecule has 0 saturated heterocycles. The number of carbonyl (C=O) groups is 2. The van der Waals surface area contributed by atoms with Crippen LogP contribution in [0.3, 0.4) is 0 Å². The smallest absolute Gasteiger partial charge is 0.326 e. The van der Waals surface area contributed by atoms with Crippen molar-refractivity contribution in [1.29, 1.82) is 0 Å². The molecular weight excluding hydrogens is 352 g/mol. The number of rotatable bonds is 7. The molecule has 0 atom stereocenters. The number of amides is 1. The van der Waals surface area contributed by atoms with E-state index in [1.807, 2.05) is 42.5 Å². The van der Waals surface area contributed by atoms with Crippen molar-refractivity contribution in [3.8, 4) is 0 Å². The highest BCUT2D eigenvalue weighted by molar-refractivity contribution is 6.08. The Morgan fingerprint density at radius 1 is 0.893 bits per heavy atom. The Bertz CT molecular complexity index is 910. The Morgan fingerprint density at radius 2 is 1.54 bits per heavy atom. The summed E-state index contributed by atoms with van der Waals surface area (Å²) in [7, 11) is 0. The van der Waals surface area contributed by atoms with Crippen molar-refractivity contribution in [2.75, 3.05) is 18.1 Å².